The normalized spacial score (nSPS) is 11.5. The maximum absolute atomic E-state index is 12.4. The summed E-state index contributed by atoms with van der Waals surface area (Å²) in [5, 5.41) is 8.68. The van der Waals surface area contributed by atoms with Gasteiger partial charge >= 0.3 is 0 Å². The van der Waals surface area contributed by atoms with Gasteiger partial charge in [0, 0.05) is 23.0 Å². The molecule has 0 unspecified atom stereocenters. The summed E-state index contributed by atoms with van der Waals surface area (Å²) in [6, 6.07) is 16.5. The van der Waals surface area contributed by atoms with E-state index < -0.39 is 10.0 Å². The number of primary sulfonamides is 1. The molecule has 0 aliphatic rings. The first-order chi connectivity index (χ1) is 13.4. The lowest BCUT2D eigenvalue weighted by Crippen LogP contribution is -2.14. The summed E-state index contributed by atoms with van der Waals surface area (Å²) in [7, 11) is -3.79. The van der Waals surface area contributed by atoms with E-state index in [-0.39, 0.29) is 10.8 Å². The quantitative estimate of drug-likeness (QED) is 0.536. The van der Waals surface area contributed by atoms with Crippen molar-refractivity contribution in [2.24, 2.45) is 5.14 Å². The number of nitrogens with one attached hydrogen (secondary N) is 1. The summed E-state index contributed by atoms with van der Waals surface area (Å²) in [5.74, 6) is -0.357. The molecule has 0 atom stereocenters. The van der Waals surface area contributed by atoms with Crippen molar-refractivity contribution in [2.75, 3.05) is 5.32 Å². The molecule has 28 heavy (non-hydrogen) atoms. The zero-order valence-electron chi connectivity index (χ0n) is 14.4. The fraction of sp³-hybridized carbons (Fsp3) is 0. The minimum Gasteiger partial charge on any atom is -0.322 e. The van der Waals surface area contributed by atoms with E-state index in [4.69, 9.17) is 5.14 Å². The van der Waals surface area contributed by atoms with Crippen LogP contribution in [-0.2, 0) is 10.0 Å². The summed E-state index contributed by atoms with van der Waals surface area (Å²) in [6.45, 7) is 0. The number of nitrogens with zero attached hydrogens (tertiary/aromatic N) is 2. The van der Waals surface area contributed by atoms with Gasteiger partial charge in [-0.3, -0.25) is 4.79 Å². The highest BCUT2D eigenvalue weighted by Crippen LogP contribution is 2.30. The monoisotopic (exact) mass is 410 g/mol. The average molecular weight is 410 g/mol. The van der Waals surface area contributed by atoms with Crippen LogP contribution in [0, 0.1) is 0 Å². The predicted molar refractivity (Wildman–Crippen MR) is 109 cm³/mol. The molecule has 0 radical (unpaired) electrons. The van der Waals surface area contributed by atoms with Crippen molar-refractivity contribution in [1.29, 1.82) is 0 Å². The predicted octanol–water partition coefficient (Wildman–Crippen LogP) is 3.26. The summed E-state index contributed by atoms with van der Waals surface area (Å²) >= 11 is 1.47. The van der Waals surface area contributed by atoms with Gasteiger partial charge < -0.3 is 5.32 Å². The largest absolute Gasteiger partial charge is 0.322 e. The maximum Gasteiger partial charge on any atom is 0.255 e. The van der Waals surface area contributed by atoms with Gasteiger partial charge in [0.15, 0.2) is 0 Å². The molecule has 0 saturated heterocycles. The minimum atomic E-state index is -3.79. The molecule has 0 aliphatic heterocycles. The van der Waals surface area contributed by atoms with Gasteiger partial charge in [-0.25, -0.2) is 23.5 Å². The molecule has 2 heterocycles. The number of benzene rings is 2. The molecule has 4 rings (SSSR count). The number of sulfonamides is 1. The van der Waals surface area contributed by atoms with E-state index in [1.807, 2.05) is 30.3 Å². The van der Waals surface area contributed by atoms with Crippen LogP contribution in [0.2, 0.25) is 0 Å². The Labute approximate surface area is 164 Å². The second kappa shape index (κ2) is 7.12. The smallest absolute Gasteiger partial charge is 0.255 e. The van der Waals surface area contributed by atoms with E-state index in [0.717, 1.165) is 20.9 Å². The van der Waals surface area contributed by atoms with Gasteiger partial charge in [0.2, 0.25) is 10.0 Å². The van der Waals surface area contributed by atoms with Crippen LogP contribution in [0.3, 0.4) is 0 Å². The zero-order chi connectivity index (χ0) is 19.7. The number of thiazole rings is 1. The Morgan fingerprint density at radius 1 is 1.04 bits per heavy atom. The minimum absolute atomic E-state index is 0.0458. The van der Waals surface area contributed by atoms with Crippen LogP contribution >= 0.6 is 11.3 Å². The third kappa shape index (κ3) is 3.77. The molecule has 0 spiro atoms. The van der Waals surface area contributed by atoms with Gasteiger partial charge in [-0.15, -0.1) is 0 Å². The zero-order valence-corrected chi connectivity index (χ0v) is 16.0. The number of fused-ring (bicyclic) bond motifs is 1. The van der Waals surface area contributed by atoms with E-state index in [0.29, 0.717) is 11.3 Å². The molecule has 1 amide bonds. The third-order valence-corrected chi connectivity index (χ3v) is 5.94. The first kappa shape index (κ1) is 18.2. The SMILES string of the molecule is NS(=O)(=O)c1ccc(C(=O)Nc2cccc(-c3nc4cccnc4s3)c2)cc1. The van der Waals surface area contributed by atoms with Gasteiger partial charge in [0.05, 0.1) is 4.90 Å². The molecule has 0 aliphatic carbocycles. The van der Waals surface area contributed by atoms with Gasteiger partial charge in [0.25, 0.3) is 5.91 Å². The molecule has 4 aromatic rings. The molecule has 3 N–H and O–H groups in total. The molecule has 9 heteroatoms. The molecule has 2 aromatic carbocycles. The lowest BCUT2D eigenvalue weighted by Gasteiger charge is -2.07. The van der Waals surface area contributed by atoms with Crippen molar-refractivity contribution in [2.45, 2.75) is 4.90 Å². The van der Waals surface area contributed by atoms with Crippen molar-refractivity contribution in [3.05, 3.63) is 72.4 Å². The second-order valence-corrected chi connectivity index (χ2v) is 8.49. The Morgan fingerprint density at radius 2 is 1.82 bits per heavy atom. The molecular weight excluding hydrogens is 396 g/mol. The van der Waals surface area contributed by atoms with Gasteiger partial charge in [-0.2, -0.15) is 0 Å². The molecule has 2 aromatic heterocycles. The van der Waals surface area contributed by atoms with Crippen LogP contribution < -0.4 is 10.5 Å². The Kier molecular flexibility index (Phi) is 4.63. The highest BCUT2D eigenvalue weighted by atomic mass is 32.2. The standard InChI is InChI=1S/C19H14N4O3S2/c20-28(25,26)15-8-6-12(7-9-15)17(24)22-14-4-1-3-13(11-14)18-23-16-5-2-10-21-19(16)27-18/h1-11H,(H,22,24)(H2,20,25,26). The van der Waals surface area contributed by atoms with Crippen LogP contribution in [0.4, 0.5) is 5.69 Å². The number of rotatable bonds is 4. The lowest BCUT2D eigenvalue weighted by atomic mass is 10.2. The Morgan fingerprint density at radius 3 is 2.54 bits per heavy atom. The lowest BCUT2D eigenvalue weighted by molar-refractivity contribution is 0.102. The fourth-order valence-corrected chi connectivity index (χ4v) is 4.04. The van der Waals surface area contributed by atoms with Crippen molar-refractivity contribution in [3.63, 3.8) is 0 Å². The summed E-state index contributed by atoms with van der Waals surface area (Å²) in [4.78, 5) is 22.1. The van der Waals surface area contributed by atoms with Gasteiger partial charge in [0.1, 0.15) is 15.4 Å². The first-order valence-corrected chi connectivity index (χ1v) is 10.5. The van der Waals surface area contributed by atoms with Crippen LogP contribution in [0.5, 0.6) is 0 Å². The summed E-state index contributed by atoms with van der Waals surface area (Å²) < 4.78 is 22.6. The van der Waals surface area contributed by atoms with Crippen LogP contribution in [0.1, 0.15) is 10.4 Å². The summed E-state index contributed by atoms with van der Waals surface area (Å²) in [6.07, 6.45) is 1.72. The molecule has 0 saturated carbocycles. The van der Waals surface area contributed by atoms with Crippen molar-refractivity contribution < 1.29 is 13.2 Å². The number of carbonyl (C=O) groups is 1. The number of carbonyl (C=O) groups excluding carboxylic acids is 1. The van der Waals surface area contributed by atoms with E-state index >= 15 is 0 Å². The molecule has 0 fully saturated rings. The van der Waals surface area contributed by atoms with Gasteiger partial charge in [-0.05, 0) is 48.5 Å². The molecule has 140 valence electrons. The number of pyridine rings is 1. The second-order valence-electron chi connectivity index (χ2n) is 5.95. The third-order valence-electron chi connectivity index (χ3n) is 3.98. The van der Waals surface area contributed by atoms with E-state index in [9.17, 15) is 13.2 Å². The van der Waals surface area contributed by atoms with Crippen LogP contribution in [0.25, 0.3) is 20.9 Å². The number of anilines is 1. The molecule has 7 nitrogen and oxygen atoms in total. The highest BCUT2D eigenvalue weighted by molar-refractivity contribution is 7.89. The van der Waals surface area contributed by atoms with E-state index in [1.165, 1.54) is 35.6 Å². The van der Waals surface area contributed by atoms with Crippen molar-refractivity contribution >= 4 is 43.3 Å². The topological polar surface area (TPSA) is 115 Å². The molecule has 0 bridgehead atoms. The van der Waals surface area contributed by atoms with Crippen molar-refractivity contribution in [3.8, 4) is 10.6 Å². The number of hydrogen-bond acceptors (Lipinski definition) is 6. The maximum atomic E-state index is 12.4. The van der Waals surface area contributed by atoms with Gasteiger partial charge in [-0.1, -0.05) is 23.5 Å². The average Bonchev–Trinajstić information content (AvgIpc) is 3.12. The van der Waals surface area contributed by atoms with Crippen LogP contribution in [0.15, 0.2) is 71.8 Å². The fourth-order valence-electron chi connectivity index (χ4n) is 2.62. The first-order valence-electron chi connectivity index (χ1n) is 8.16. The number of nitrogens with two attached hydrogens (primary N) is 1. The Balaban J connectivity index is 1.57. The Bertz CT molecular complexity index is 1250. The highest BCUT2D eigenvalue weighted by Gasteiger charge is 2.12. The van der Waals surface area contributed by atoms with Crippen LogP contribution in [-0.4, -0.2) is 24.3 Å². The number of aromatic nitrogens is 2. The Hall–Kier alpha value is -3.14. The summed E-state index contributed by atoms with van der Waals surface area (Å²) in [5.41, 5.74) is 2.62. The number of amides is 1. The van der Waals surface area contributed by atoms with Crippen molar-refractivity contribution in [1.82, 2.24) is 9.97 Å². The number of hydrogen-bond donors (Lipinski definition) is 2. The molecular formula is C19H14N4O3S2. The van der Waals surface area contributed by atoms with E-state index in [1.54, 1.807) is 12.3 Å². The van der Waals surface area contributed by atoms with E-state index in [2.05, 4.69) is 15.3 Å².